The van der Waals surface area contributed by atoms with Crippen molar-refractivity contribution in [1.82, 2.24) is 9.55 Å². The SMILES string of the molecule is [B]c1ccc(C(=O)Cn2c(N)nc3c(C4CC4)cccc32)cc1. The molecule has 1 aliphatic rings. The number of imidazole rings is 1. The lowest BCUT2D eigenvalue weighted by atomic mass is 9.94. The van der Waals surface area contributed by atoms with Crippen LogP contribution in [0.2, 0.25) is 0 Å². The van der Waals surface area contributed by atoms with Crippen LogP contribution in [0, 0.1) is 0 Å². The van der Waals surface area contributed by atoms with E-state index in [-0.39, 0.29) is 12.3 Å². The van der Waals surface area contributed by atoms with Gasteiger partial charge in [0, 0.05) is 5.56 Å². The molecule has 0 bridgehead atoms. The van der Waals surface area contributed by atoms with Crippen molar-refractivity contribution < 1.29 is 4.79 Å². The average molecular weight is 301 g/mol. The number of carbonyl (C=O) groups excluding carboxylic acids is 1. The highest BCUT2D eigenvalue weighted by molar-refractivity contribution is 6.32. The molecule has 0 saturated heterocycles. The summed E-state index contributed by atoms with van der Waals surface area (Å²) < 4.78 is 1.79. The number of aromatic nitrogens is 2. The molecular weight excluding hydrogens is 285 g/mol. The van der Waals surface area contributed by atoms with E-state index in [1.807, 2.05) is 12.1 Å². The molecule has 0 amide bonds. The predicted octanol–water partition coefficient (Wildman–Crippen LogP) is 2.17. The van der Waals surface area contributed by atoms with Gasteiger partial charge in [0.2, 0.25) is 5.95 Å². The average Bonchev–Trinajstić information content (AvgIpc) is 3.33. The lowest BCUT2D eigenvalue weighted by molar-refractivity contribution is 0.0974. The number of rotatable bonds is 4. The Kier molecular flexibility index (Phi) is 3.22. The van der Waals surface area contributed by atoms with Crippen LogP contribution in [0.4, 0.5) is 5.95 Å². The first kappa shape index (κ1) is 14.1. The number of hydrogen-bond acceptors (Lipinski definition) is 3. The van der Waals surface area contributed by atoms with Gasteiger partial charge in [0.1, 0.15) is 7.85 Å². The second-order valence-corrected chi connectivity index (χ2v) is 6.09. The van der Waals surface area contributed by atoms with Crippen LogP contribution in [0.15, 0.2) is 42.5 Å². The third-order valence-electron chi connectivity index (χ3n) is 4.39. The Morgan fingerprint density at radius 2 is 1.96 bits per heavy atom. The third kappa shape index (κ3) is 2.52. The van der Waals surface area contributed by atoms with Crippen molar-refractivity contribution >= 4 is 36.1 Å². The number of hydrogen-bond donors (Lipinski definition) is 1. The molecule has 2 aromatic carbocycles. The maximum atomic E-state index is 12.5. The summed E-state index contributed by atoms with van der Waals surface area (Å²) in [4.78, 5) is 17.0. The van der Waals surface area contributed by atoms with Gasteiger partial charge < -0.3 is 10.3 Å². The second kappa shape index (κ2) is 5.27. The molecule has 3 aromatic rings. The molecule has 1 aromatic heterocycles. The summed E-state index contributed by atoms with van der Waals surface area (Å²) in [6, 6.07) is 13.0. The Morgan fingerprint density at radius 1 is 1.22 bits per heavy atom. The second-order valence-electron chi connectivity index (χ2n) is 6.09. The fourth-order valence-corrected chi connectivity index (χ4v) is 2.98. The Bertz CT molecular complexity index is 895. The fourth-order valence-electron chi connectivity index (χ4n) is 2.98. The first-order valence-corrected chi connectivity index (χ1v) is 7.77. The van der Waals surface area contributed by atoms with Crippen molar-refractivity contribution in [3.8, 4) is 0 Å². The number of nitrogen functional groups attached to an aromatic ring is 1. The molecule has 4 nitrogen and oxygen atoms in total. The van der Waals surface area contributed by atoms with Gasteiger partial charge in [0.15, 0.2) is 5.78 Å². The number of anilines is 1. The summed E-state index contributed by atoms with van der Waals surface area (Å²) in [7, 11) is 5.67. The maximum absolute atomic E-state index is 12.5. The molecule has 1 heterocycles. The van der Waals surface area contributed by atoms with Crippen LogP contribution < -0.4 is 11.2 Å². The number of fused-ring (bicyclic) bond motifs is 1. The highest BCUT2D eigenvalue weighted by Crippen LogP contribution is 2.43. The summed E-state index contributed by atoms with van der Waals surface area (Å²) >= 11 is 0. The van der Waals surface area contributed by atoms with Crippen molar-refractivity contribution in [2.45, 2.75) is 25.3 Å². The summed E-state index contributed by atoms with van der Waals surface area (Å²) in [6.07, 6.45) is 2.41. The summed E-state index contributed by atoms with van der Waals surface area (Å²) in [5.41, 5.74) is 10.4. The molecule has 0 spiro atoms. The van der Waals surface area contributed by atoms with Crippen molar-refractivity contribution in [2.24, 2.45) is 0 Å². The van der Waals surface area contributed by atoms with E-state index in [2.05, 4.69) is 11.1 Å². The number of Topliss-reactive ketones (excluding diaryl/α,β-unsaturated/α-hetero) is 1. The van der Waals surface area contributed by atoms with E-state index in [4.69, 9.17) is 13.6 Å². The van der Waals surface area contributed by atoms with Crippen LogP contribution in [0.1, 0.15) is 34.7 Å². The molecule has 1 saturated carbocycles. The van der Waals surface area contributed by atoms with Gasteiger partial charge in [-0.15, -0.1) is 0 Å². The molecule has 23 heavy (non-hydrogen) atoms. The fraction of sp³-hybridized carbons (Fsp3) is 0.222. The number of nitrogens with zero attached hydrogens (tertiary/aromatic N) is 2. The Hall–Kier alpha value is -2.56. The van der Waals surface area contributed by atoms with Gasteiger partial charge >= 0.3 is 0 Å². The first-order chi connectivity index (χ1) is 11.1. The number of nitrogens with two attached hydrogens (primary N) is 1. The first-order valence-electron chi connectivity index (χ1n) is 7.77. The van der Waals surface area contributed by atoms with Crippen molar-refractivity contribution in [1.29, 1.82) is 0 Å². The number of carbonyl (C=O) groups is 1. The molecule has 112 valence electrons. The Labute approximate surface area is 135 Å². The van der Waals surface area contributed by atoms with Gasteiger partial charge in [-0.3, -0.25) is 4.79 Å². The van der Waals surface area contributed by atoms with Gasteiger partial charge in [0.25, 0.3) is 0 Å². The van der Waals surface area contributed by atoms with Crippen LogP contribution in [0.3, 0.4) is 0 Å². The minimum atomic E-state index is -0.00664. The maximum Gasteiger partial charge on any atom is 0.201 e. The van der Waals surface area contributed by atoms with E-state index < -0.39 is 0 Å². The molecule has 0 unspecified atom stereocenters. The van der Waals surface area contributed by atoms with Gasteiger partial charge in [0.05, 0.1) is 17.6 Å². The van der Waals surface area contributed by atoms with E-state index in [1.54, 1.807) is 28.8 Å². The van der Waals surface area contributed by atoms with Crippen LogP contribution in [-0.2, 0) is 6.54 Å². The topological polar surface area (TPSA) is 60.9 Å². The lowest BCUT2D eigenvalue weighted by Crippen LogP contribution is -2.13. The summed E-state index contributed by atoms with van der Waals surface area (Å²) in [5, 5.41) is 0. The van der Waals surface area contributed by atoms with E-state index in [0.717, 1.165) is 11.0 Å². The zero-order valence-electron chi connectivity index (χ0n) is 12.7. The summed E-state index contributed by atoms with van der Waals surface area (Å²) in [5.74, 6) is 0.971. The number of ketones is 1. The van der Waals surface area contributed by atoms with E-state index in [9.17, 15) is 4.79 Å². The molecule has 2 radical (unpaired) electrons. The van der Waals surface area contributed by atoms with Crippen molar-refractivity contribution in [2.75, 3.05) is 5.73 Å². The van der Waals surface area contributed by atoms with Gasteiger partial charge in [-0.25, -0.2) is 4.98 Å². The summed E-state index contributed by atoms with van der Waals surface area (Å²) in [6.45, 7) is 0.181. The smallest absolute Gasteiger partial charge is 0.201 e. The standard InChI is InChI=1S/C18H16BN3O/c19-13-8-6-12(7-9-13)16(23)10-22-15-3-1-2-14(11-4-5-11)17(15)21-18(22)20/h1-3,6-9,11H,4-5,10H2,(H2,20,21). The number of para-hydroxylation sites is 1. The quantitative estimate of drug-likeness (QED) is 0.593. The Balaban J connectivity index is 1.71. The zero-order valence-corrected chi connectivity index (χ0v) is 12.7. The number of benzene rings is 2. The van der Waals surface area contributed by atoms with Gasteiger partial charge in [-0.05, 0) is 30.4 Å². The Morgan fingerprint density at radius 3 is 2.65 bits per heavy atom. The van der Waals surface area contributed by atoms with Crippen molar-refractivity contribution in [3.05, 3.63) is 53.6 Å². The normalized spacial score (nSPS) is 14.3. The minimum Gasteiger partial charge on any atom is -0.369 e. The van der Waals surface area contributed by atoms with Crippen LogP contribution in [0.25, 0.3) is 11.0 Å². The van der Waals surface area contributed by atoms with Crippen molar-refractivity contribution in [3.63, 3.8) is 0 Å². The van der Waals surface area contributed by atoms with E-state index in [1.165, 1.54) is 18.4 Å². The third-order valence-corrected chi connectivity index (χ3v) is 4.39. The molecule has 2 N–H and O–H groups in total. The van der Waals surface area contributed by atoms with E-state index >= 15 is 0 Å². The van der Waals surface area contributed by atoms with E-state index in [0.29, 0.717) is 22.9 Å². The molecular formula is C18H16BN3O. The highest BCUT2D eigenvalue weighted by Gasteiger charge is 2.27. The molecule has 4 rings (SSSR count). The highest BCUT2D eigenvalue weighted by atomic mass is 16.1. The minimum absolute atomic E-state index is 0.00664. The molecule has 1 fully saturated rings. The predicted molar refractivity (Wildman–Crippen MR) is 92.3 cm³/mol. The lowest BCUT2D eigenvalue weighted by Gasteiger charge is -2.07. The zero-order chi connectivity index (χ0) is 16.0. The van der Waals surface area contributed by atoms with Crippen LogP contribution in [-0.4, -0.2) is 23.2 Å². The monoisotopic (exact) mass is 301 g/mol. The van der Waals surface area contributed by atoms with Gasteiger partial charge in [-0.2, -0.15) is 0 Å². The van der Waals surface area contributed by atoms with Crippen LogP contribution in [0.5, 0.6) is 0 Å². The molecule has 5 heteroatoms. The largest absolute Gasteiger partial charge is 0.369 e. The van der Waals surface area contributed by atoms with Crippen LogP contribution >= 0.6 is 0 Å². The molecule has 1 aliphatic carbocycles. The van der Waals surface area contributed by atoms with Gasteiger partial charge in [-0.1, -0.05) is 41.9 Å². The molecule has 0 aliphatic heterocycles. The molecule has 0 atom stereocenters.